The largest absolute Gasteiger partial charge is 0.332 e. The molecule has 2 aliphatic rings. The van der Waals surface area contributed by atoms with Crippen molar-refractivity contribution in [2.24, 2.45) is 25.0 Å². The highest BCUT2D eigenvalue weighted by molar-refractivity contribution is 9.10. The Bertz CT molecular complexity index is 1370. The first-order valence-electron chi connectivity index (χ1n) is 9.17. The minimum absolute atomic E-state index is 0.0501. The zero-order valence-electron chi connectivity index (χ0n) is 15.7. The lowest BCUT2D eigenvalue weighted by Crippen LogP contribution is -2.43. The van der Waals surface area contributed by atoms with Gasteiger partial charge in [0.05, 0.1) is 17.2 Å². The number of fused-ring (bicyclic) bond motifs is 4. The first-order valence-corrected chi connectivity index (χ1v) is 9.97. The van der Waals surface area contributed by atoms with Gasteiger partial charge in [-0.3, -0.25) is 18.7 Å². The average molecular weight is 450 g/mol. The third-order valence-electron chi connectivity index (χ3n) is 5.79. The van der Waals surface area contributed by atoms with Crippen LogP contribution in [0.15, 0.2) is 67.6 Å². The summed E-state index contributed by atoms with van der Waals surface area (Å²) in [5, 5.41) is 0. The molecule has 144 valence electrons. The molecule has 6 nitrogen and oxygen atoms in total. The van der Waals surface area contributed by atoms with E-state index in [4.69, 9.17) is 4.99 Å². The molecular formula is C22H16BrN3O3. The summed E-state index contributed by atoms with van der Waals surface area (Å²) < 4.78 is 3.32. The van der Waals surface area contributed by atoms with Gasteiger partial charge in [-0.2, -0.15) is 0 Å². The molecule has 2 aromatic carbocycles. The van der Waals surface area contributed by atoms with Crippen LogP contribution in [0.4, 0.5) is 5.82 Å². The zero-order valence-corrected chi connectivity index (χ0v) is 17.3. The average Bonchev–Trinajstić information content (AvgIpc) is 3.01. The number of halogens is 1. The highest BCUT2D eigenvalue weighted by Crippen LogP contribution is 2.46. The maximum atomic E-state index is 13.4. The lowest BCUT2D eigenvalue weighted by molar-refractivity contribution is 0.0953. The van der Waals surface area contributed by atoms with Crippen LogP contribution in [-0.2, 0) is 14.1 Å². The highest BCUT2D eigenvalue weighted by Gasteiger charge is 2.47. The van der Waals surface area contributed by atoms with E-state index in [0.717, 1.165) is 20.2 Å². The van der Waals surface area contributed by atoms with Crippen molar-refractivity contribution in [1.82, 2.24) is 9.13 Å². The number of carbonyl (C=O) groups excluding carboxylic acids is 1. The van der Waals surface area contributed by atoms with Gasteiger partial charge >= 0.3 is 5.69 Å². The molecule has 0 N–H and O–H groups in total. The Balaban J connectivity index is 1.92. The van der Waals surface area contributed by atoms with Crippen LogP contribution in [0.5, 0.6) is 0 Å². The Kier molecular flexibility index (Phi) is 3.86. The summed E-state index contributed by atoms with van der Waals surface area (Å²) in [5.41, 5.74) is 2.33. The van der Waals surface area contributed by atoms with Crippen molar-refractivity contribution in [1.29, 1.82) is 0 Å². The molecule has 1 aliphatic carbocycles. The first kappa shape index (κ1) is 18.0. The lowest BCUT2D eigenvalue weighted by Gasteiger charge is -2.30. The summed E-state index contributed by atoms with van der Waals surface area (Å²) in [5.74, 6) is -0.857. The fraction of sp³-hybridized carbons (Fsp3) is 0.182. The predicted molar refractivity (Wildman–Crippen MR) is 113 cm³/mol. The standard InChI is InChI=1S/C22H16BrN3O3/c1-25-20-17(21(28)26(2)22(25)29)15(11-6-5-7-12(23)10-11)16-18(24-20)13-8-3-4-9-14(13)19(16)27/h3-10,15-16H,1-2H3. The quantitative estimate of drug-likeness (QED) is 0.573. The van der Waals surface area contributed by atoms with E-state index in [9.17, 15) is 14.4 Å². The SMILES string of the molecule is Cn1c2c(c(=O)n(C)c1=O)C(c1cccc(Br)c1)C1C(=O)c3ccccc3C1=N2. The van der Waals surface area contributed by atoms with Crippen LogP contribution < -0.4 is 11.2 Å². The Labute approximate surface area is 174 Å². The molecule has 7 heteroatoms. The zero-order chi connectivity index (χ0) is 20.4. The van der Waals surface area contributed by atoms with Gasteiger partial charge in [0.1, 0.15) is 5.82 Å². The number of aromatic nitrogens is 2. The van der Waals surface area contributed by atoms with E-state index in [1.807, 2.05) is 42.5 Å². The molecule has 0 saturated carbocycles. The van der Waals surface area contributed by atoms with E-state index in [-0.39, 0.29) is 5.78 Å². The number of nitrogens with zero attached hydrogens (tertiary/aromatic N) is 3. The van der Waals surface area contributed by atoms with Gasteiger partial charge in [-0.1, -0.05) is 52.3 Å². The predicted octanol–water partition coefficient (Wildman–Crippen LogP) is 2.93. The third-order valence-corrected chi connectivity index (χ3v) is 6.28. The molecule has 5 rings (SSSR count). The van der Waals surface area contributed by atoms with Gasteiger partial charge in [-0.25, -0.2) is 9.79 Å². The van der Waals surface area contributed by atoms with E-state index >= 15 is 0 Å². The number of hydrogen-bond acceptors (Lipinski definition) is 4. The topological polar surface area (TPSA) is 73.4 Å². The van der Waals surface area contributed by atoms with Crippen LogP contribution >= 0.6 is 15.9 Å². The summed E-state index contributed by atoms with van der Waals surface area (Å²) in [6.45, 7) is 0. The molecule has 0 saturated heterocycles. The monoisotopic (exact) mass is 449 g/mol. The van der Waals surface area contributed by atoms with Gasteiger partial charge in [0, 0.05) is 35.6 Å². The van der Waals surface area contributed by atoms with Crippen molar-refractivity contribution < 1.29 is 4.79 Å². The van der Waals surface area contributed by atoms with Crippen molar-refractivity contribution in [3.63, 3.8) is 0 Å². The summed E-state index contributed by atoms with van der Waals surface area (Å²) >= 11 is 3.49. The molecule has 3 aromatic rings. The summed E-state index contributed by atoms with van der Waals surface area (Å²) in [4.78, 5) is 43.8. The lowest BCUT2D eigenvalue weighted by atomic mass is 9.76. The van der Waals surface area contributed by atoms with Crippen molar-refractivity contribution in [3.8, 4) is 0 Å². The smallest absolute Gasteiger partial charge is 0.293 e. The first-order chi connectivity index (χ1) is 13.9. The van der Waals surface area contributed by atoms with Gasteiger partial charge in [0.2, 0.25) is 0 Å². The van der Waals surface area contributed by atoms with Crippen molar-refractivity contribution in [2.75, 3.05) is 0 Å². The van der Waals surface area contributed by atoms with Crippen LogP contribution in [0.2, 0.25) is 0 Å². The number of benzene rings is 2. The van der Waals surface area contributed by atoms with Gasteiger partial charge in [0.25, 0.3) is 5.56 Å². The maximum absolute atomic E-state index is 13.4. The number of Topliss-reactive ketones (excluding diaryl/α,β-unsaturated/α-hetero) is 1. The molecular weight excluding hydrogens is 434 g/mol. The van der Waals surface area contributed by atoms with Crippen molar-refractivity contribution in [3.05, 3.63) is 96.1 Å². The van der Waals surface area contributed by atoms with Crippen LogP contribution in [0, 0.1) is 5.92 Å². The minimum atomic E-state index is -0.598. The molecule has 2 heterocycles. The summed E-state index contributed by atoms with van der Waals surface area (Å²) in [7, 11) is 3.05. The second kappa shape index (κ2) is 6.22. The molecule has 0 spiro atoms. The number of hydrogen-bond donors (Lipinski definition) is 0. The van der Waals surface area contributed by atoms with Crippen LogP contribution in [0.3, 0.4) is 0 Å². The molecule has 0 radical (unpaired) electrons. The normalized spacial score (nSPS) is 19.4. The fourth-order valence-electron chi connectivity index (χ4n) is 4.43. The van der Waals surface area contributed by atoms with Gasteiger partial charge < -0.3 is 0 Å². The van der Waals surface area contributed by atoms with E-state index in [0.29, 0.717) is 22.7 Å². The van der Waals surface area contributed by atoms with E-state index in [1.165, 1.54) is 11.6 Å². The second-order valence-electron chi connectivity index (χ2n) is 7.36. The van der Waals surface area contributed by atoms with Gasteiger partial charge in [0.15, 0.2) is 5.78 Å². The third kappa shape index (κ3) is 2.40. The molecule has 1 aliphatic heterocycles. The Morgan fingerprint density at radius 3 is 2.34 bits per heavy atom. The van der Waals surface area contributed by atoms with Crippen LogP contribution in [0.25, 0.3) is 0 Å². The summed E-state index contributed by atoms with van der Waals surface area (Å²) in [6, 6.07) is 14.9. The number of aliphatic imine (C=N–C) groups is 1. The second-order valence-corrected chi connectivity index (χ2v) is 8.28. The maximum Gasteiger partial charge on any atom is 0.332 e. The number of ketones is 1. The molecule has 29 heavy (non-hydrogen) atoms. The van der Waals surface area contributed by atoms with E-state index in [1.54, 1.807) is 13.1 Å². The molecule has 1 aromatic heterocycles. The summed E-state index contributed by atoms with van der Waals surface area (Å²) in [6.07, 6.45) is 0. The Hall–Kier alpha value is -3.06. The molecule has 2 unspecified atom stereocenters. The van der Waals surface area contributed by atoms with Crippen molar-refractivity contribution in [2.45, 2.75) is 5.92 Å². The molecule has 0 amide bonds. The minimum Gasteiger partial charge on any atom is -0.293 e. The number of carbonyl (C=O) groups is 1. The highest BCUT2D eigenvalue weighted by atomic mass is 79.9. The van der Waals surface area contributed by atoms with Crippen LogP contribution in [-0.4, -0.2) is 20.6 Å². The van der Waals surface area contributed by atoms with E-state index in [2.05, 4.69) is 15.9 Å². The molecule has 0 fully saturated rings. The molecule has 2 atom stereocenters. The number of rotatable bonds is 1. The van der Waals surface area contributed by atoms with E-state index < -0.39 is 23.1 Å². The van der Waals surface area contributed by atoms with Crippen molar-refractivity contribution >= 4 is 33.2 Å². The van der Waals surface area contributed by atoms with Crippen LogP contribution in [0.1, 0.15) is 33.0 Å². The van der Waals surface area contributed by atoms with Gasteiger partial charge in [-0.15, -0.1) is 0 Å². The Morgan fingerprint density at radius 1 is 0.897 bits per heavy atom. The fourth-order valence-corrected chi connectivity index (χ4v) is 4.84. The Morgan fingerprint density at radius 2 is 1.62 bits per heavy atom. The van der Waals surface area contributed by atoms with Gasteiger partial charge in [-0.05, 0) is 17.7 Å². The molecule has 0 bridgehead atoms.